The zero-order valence-corrected chi connectivity index (χ0v) is 12.4. The summed E-state index contributed by atoms with van der Waals surface area (Å²) in [6.45, 7) is 3.18. The average Bonchev–Trinajstić information content (AvgIpc) is 3.02. The number of nitrogens with one attached hydrogen (secondary N) is 1. The van der Waals surface area contributed by atoms with Gasteiger partial charge < -0.3 is 5.32 Å². The van der Waals surface area contributed by atoms with E-state index in [9.17, 15) is 0 Å². The van der Waals surface area contributed by atoms with Crippen LogP contribution in [0.15, 0.2) is 18.2 Å². The summed E-state index contributed by atoms with van der Waals surface area (Å²) in [5.41, 5.74) is 2.41. The van der Waals surface area contributed by atoms with Crippen molar-refractivity contribution in [3.05, 3.63) is 23.8 Å². The summed E-state index contributed by atoms with van der Waals surface area (Å²) in [7, 11) is 0. The van der Waals surface area contributed by atoms with Crippen molar-refractivity contribution in [1.82, 2.24) is 4.98 Å². The van der Waals surface area contributed by atoms with E-state index in [0.29, 0.717) is 0 Å². The minimum Gasteiger partial charge on any atom is -0.361 e. The average molecular weight is 274 g/mol. The zero-order valence-electron chi connectivity index (χ0n) is 11.6. The number of aryl methyl sites for hydroxylation is 1. The number of fused-ring (bicyclic) bond motifs is 1. The second-order valence-electron chi connectivity index (χ2n) is 5.71. The number of hydrogen-bond acceptors (Lipinski definition) is 3. The normalized spacial score (nSPS) is 16.3. The number of hydrogen-bond donors (Lipinski definition) is 1. The van der Waals surface area contributed by atoms with E-state index in [0.717, 1.165) is 23.1 Å². The van der Waals surface area contributed by atoms with Crippen molar-refractivity contribution < 1.29 is 0 Å². The van der Waals surface area contributed by atoms with Gasteiger partial charge in [-0.2, -0.15) is 0 Å². The molecule has 0 atom stereocenters. The summed E-state index contributed by atoms with van der Waals surface area (Å²) in [6, 6.07) is 6.49. The van der Waals surface area contributed by atoms with Crippen LogP contribution in [-0.2, 0) is 0 Å². The molecule has 0 aliphatic heterocycles. The molecule has 0 radical (unpaired) electrons. The van der Waals surface area contributed by atoms with E-state index in [1.807, 2.05) is 0 Å². The number of rotatable bonds is 5. The summed E-state index contributed by atoms with van der Waals surface area (Å²) in [5, 5.41) is 4.56. The Labute approximate surface area is 119 Å². The largest absolute Gasteiger partial charge is 0.361 e. The molecule has 1 N–H and O–H groups in total. The number of thiazole rings is 1. The molecule has 1 aliphatic rings. The Morgan fingerprint density at radius 2 is 2.16 bits per heavy atom. The van der Waals surface area contributed by atoms with E-state index in [4.69, 9.17) is 0 Å². The Hall–Kier alpha value is -1.09. The molecule has 0 bridgehead atoms. The fourth-order valence-electron chi connectivity index (χ4n) is 3.00. The van der Waals surface area contributed by atoms with Crippen molar-refractivity contribution >= 4 is 26.7 Å². The molecule has 19 heavy (non-hydrogen) atoms. The van der Waals surface area contributed by atoms with Gasteiger partial charge in [-0.05, 0) is 43.4 Å². The van der Waals surface area contributed by atoms with Crippen LogP contribution in [0.1, 0.15) is 44.1 Å². The number of aromatic nitrogens is 1. The molecule has 0 unspecified atom stereocenters. The Morgan fingerprint density at radius 3 is 3.00 bits per heavy atom. The van der Waals surface area contributed by atoms with Crippen molar-refractivity contribution in [3.63, 3.8) is 0 Å². The number of nitrogens with zero attached hydrogens (tertiary/aromatic N) is 1. The predicted molar refractivity (Wildman–Crippen MR) is 84.0 cm³/mol. The summed E-state index contributed by atoms with van der Waals surface area (Å²) in [4.78, 5) is 4.65. The van der Waals surface area contributed by atoms with Crippen molar-refractivity contribution in [2.45, 2.75) is 45.4 Å². The second kappa shape index (κ2) is 5.91. The topological polar surface area (TPSA) is 24.9 Å². The van der Waals surface area contributed by atoms with Gasteiger partial charge in [0.1, 0.15) is 0 Å². The highest BCUT2D eigenvalue weighted by Crippen LogP contribution is 2.29. The minimum atomic E-state index is 1.000. The van der Waals surface area contributed by atoms with E-state index in [1.165, 1.54) is 48.8 Å². The molecular formula is C16H22N2S. The lowest BCUT2D eigenvalue weighted by Gasteiger charge is -2.08. The second-order valence-corrected chi connectivity index (χ2v) is 6.74. The first-order chi connectivity index (χ1) is 9.31. The van der Waals surface area contributed by atoms with E-state index < -0.39 is 0 Å². The van der Waals surface area contributed by atoms with Crippen LogP contribution >= 0.6 is 11.3 Å². The van der Waals surface area contributed by atoms with Gasteiger partial charge in [0.05, 0.1) is 10.2 Å². The maximum atomic E-state index is 4.65. The summed E-state index contributed by atoms with van der Waals surface area (Å²) in [5.74, 6) is 1.000. The van der Waals surface area contributed by atoms with E-state index in [2.05, 4.69) is 35.4 Å². The highest BCUT2D eigenvalue weighted by Gasteiger charge is 2.14. The Morgan fingerprint density at radius 1 is 1.32 bits per heavy atom. The molecule has 0 saturated heterocycles. The maximum absolute atomic E-state index is 4.65. The van der Waals surface area contributed by atoms with Crippen molar-refractivity contribution in [3.8, 4) is 0 Å². The van der Waals surface area contributed by atoms with Gasteiger partial charge in [-0.25, -0.2) is 4.98 Å². The third-order valence-electron chi connectivity index (χ3n) is 4.08. The van der Waals surface area contributed by atoms with Crippen molar-refractivity contribution in [1.29, 1.82) is 0 Å². The Bertz CT molecular complexity index is 541. The first-order valence-electron chi connectivity index (χ1n) is 7.42. The fraction of sp³-hybridized carbons (Fsp3) is 0.562. The minimum absolute atomic E-state index is 1.000. The smallest absolute Gasteiger partial charge is 0.183 e. The van der Waals surface area contributed by atoms with Crippen molar-refractivity contribution in [2.75, 3.05) is 11.9 Å². The van der Waals surface area contributed by atoms with Crippen LogP contribution in [-0.4, -0.2) is 11.5 Å². The molecule has 2 aromatic rings. The highest BCUT2D eigenvalue weighted by molar-refractivity contribution is 7.22. The van der Waals surface area contributed by atoms with Crippen LogP contribution < -0.4 is 5.32 Å². The van der Waals surface area contributed by atoms with Gasteiger partial charge in [-0.1, -0.05) is 43.1 Å². The summed E-state index contributed by atoms with van der Waals surface area (Å²) in [6.07, 6.45) is 8.49. The SMILES string of the molecule is Cc1ccc2sc(NCCCC3CCCC3)nc2c1. The third kappa shape index (κ3) is 3.27. The van der Waals surface area contributed by atoms with Crippen LogP contribution in [0.25, 0.3) is 10.2 Å². The molecule has 3 rings (SSSR count). The predicted octanol–water partition coefficient (Wildman–Crippen LogP) is 4.99. The van der Waals surface area contributed by atoms with Crippen molar-refractivity contribution in [2.24, 2.45) is 5.92 Å². The van der Waals surface area contributed by atoms with E-state index in [1.54, 1.807) is 11.3 Å². The van der Waals surface area contributed by atoms with Crippen LogP contribution in [0.4, 0.5) is 5.13 Å². The van der Waals surface area contributed by atoms with Gasteiger partial charge >= 0.3 is 0 Å². The molecule has 1 aromatic carbocycles. The Kier molecular flexibility index (Phi) is 4.02. The molecule has 102 valence electrons. The van der Waals surface area contributed by atoms with Gasteiger partial charge in [-0.15, -0.1) is 0 Å². The van der Waals surface area contributed by atoms with Gasteiger partial charge in [0.25, 0.3) is 0 Å². The number of anilines is 1. The highest BCUT2D eigenvalue weighted by atomic mass is 32.1. The Balaban J connectivity index is 1.50. The monoisotopic (exact) mass is 274 g/mol. The maximum Gasteiger partial charge on any atom is 0.183 e. The van der Waals surface area contributed by atoms with Crippen LogP contribution in [0.2, 0.25) is 0 Å². The van der Waals surface area contributed by atoms with Gasteiger partial charge in [0, 0.05) is 6.54 Å². The molecular weight excluding hydrogens is 252 g/mol. The quantitative estimate of drug-likeness (QED) is 0.777. The molecule has 1 aliphatic carbocycles. The molecule has 1 saturated carbocycles. The molecule has 1 aromatic heterocycles. The molecule has 0 amide bonds. The van der Waals surface area contributed by atoms with Crippen LogP contribution in [0.5, 0.6) is 0 Å². The molecule has 0 spiro atoms. The molecule has 1 fully saturated rings. The van der Waals surface area contributed by atoms with Gasteiger partial charge in [-0.3, -0.25) is 0 Å². The summed E-state index contributed by atoms with van der Waals surface area (Å²) >= 11 is 1.77. The number of benzene rings is 1. The standard InChI is InChI=1S/C16H22N2S/c1-12-8-9-15-14(11-12)18-16(19-15)17-10-4-7-13-5-2-3-6-13/h8-9,11,13H,2-7,10H2,1H3,(H,17,18). The third-order valence-corrected chi connectivity index (χ3v) is 5.08. The summed E-state index contributed by atoms with van der Waals surface area (Å²) < 4.78 is 1.28. The first kappa shape index (κ1) is 12.9. The lowest BCUT2D eigenvalue weighted by atomic mass is 10.0. The lowest BCUT2D eigenvalue weighted by molar-refractivity contribution is 0.491. The lowest BCUT2D eigenvalue weighted by Crippen LogP contribution is -2.03. The first-order valence-corrected chi connectivity index (χ1v) is 8.24. The van der Waals surface area contributed by atoms with Crippen LogP contribution in [0.3, 0.4) is 0 Å². The molecule has 3 heteroatoms. The van der Waals surface area contributed by atoms with E-state index >= 15 is 0 Å². The molecule has 2 nitrogen and oxygen atoms in total. The molecule has 1 heterocycles. The van der Waals surface area contributed by atoms with Gasteiger partial charge in [0.2, 0.25) is 0 Å². The van der Waals surface area contributed by atoms with Gasteiger partial charge in [0.15, 0.2) is 5.13 Å². The fourth-order valence-corrected chi connectivity index (χ4v) is 3.87. The van der Waals surface area contributed by atoms with Crippen LogP contribution in [0, 0.1) is 12.8 Å². The zero-order chi connectivity index (χ0) is 13.1. The van der Waals surface area contributed by atoms with E-state index in [-0.39, 0.29) is 0 Å².